The smallest absolute Gasteiger partial charge is 0.191 e. The van der Waals surface area contributed by atoms with E-state index in [0.717, 1.165) is 17.3 Å². The Morgan fingerprint density at radius 3 is 2.54 bits per heavy atom. The van der Waals surface area contributed by atoms with Gasteiger partial charge in [-0.2, -0.15) is 5.10 Å². The number of guanidine groups is 1. The second-order valence-electron chi connectivity index (χ2n) is 5.54. The highest BCUT2D eigenvalue weighted by molar-refractivity contribution is 14.0. The van der Waals surface area contributed by atoms with Gasteiger partial charge in [0.15, 0.2) is 5.96 Å². The molecule has 0 atom stereocenters. The van der Waals surface area contributed by atoms with Crippen molar-refractivity contribution in [3.8, 4) is 0 Å². The van der Waals surface area contributed by atoms with E-state index in [0.29, 0.717) is 35.5 Å². The molecule has 0 saturated carbocycles. The van der Waals surface area contributed by atoms with Crippen molar-refractivity contribution in [1.82, 2.24) is 25.4 Å². The maximum atomic E-state index is 6.07. The Labute approximate surface area is 181 Å². The molecule has 0 amide bonds. The predicted molar refractivity (Wildman–Crippen MR) is 119 cm³/mol. The fourth-order valence-electron chi connectivity index (χ4n) is 2.37. The van der Waals surface area contributed by atoms with Crippen molar-refractivity contribution in [2.24, 2.45) is 12.0 Å². The summed E-state index contributed by atoms with van der Waals surface area (Å²) in [6.07, 6.45) is 1.56. The van der Waals surface area contributed by atoms with Crippen LogP contribution in [0.1, 0.15) is 17.0 Å². The molecule has 0 spiro atoms. The molecule has 0 radical (unpaired) electrons. The van der Waals surface area contributed by atoms with E-state index in [1.807, 2.05) is 18.7 Å². The number of aromatic nitrogens is 3. The van der Waals surface area contributed by atoms with Crippen molar-refractivity contribution in [3.63, 3.8) is 0 Å². The van der Waals surface area contributed by atoms with E-state index < -0.39 is 0 Å². The van der Waals surface area contributed by atoms with Gasteiger partial charge >= 0.3 is 0 Å². The molecule has 2 aromatic rings. The fraction of sp³-hybridized carbons (Fsp3) is 0.438. The molecule has 3 N–H and O–H groups in total. The van der Waals surface area contributed by atoms with Crippen LogP contribution in [0.4, 0.5) is 5.82 Å². The standard InChI is InChI=1S/C16H23Cl2N7.HI/c1-10-13(11(2)25(4)24-10)9-23-16(19-3)21-6-5-20-15-14(18)7-12(17)8-22-15;/h7-8H,5-6,9H2,1-4H3,(H,20,22)(H2,19,21,23);1H. The van der Waals surface area contributed by atoms with Gasteiger partial charge in [-0.05, 0) is 19.9 Å². The van der Waals surface area contributed by atoms with Crippen LogP contribution in [-0.2, 0) is 13.6 Å². The van der Waals surface area contributed by atoms with Crippen LogP contribution < -0.4 is 16.0 Å². The van der Waals surface area contributed by atoms with Crippen molar-refractivity contribution in [1.29, 1.82) is 0 Å². The number of hydrogen-bond acceptors (Lipinski definition) is 4. The summed E-state index contributed by atoms with van der Waals surface area (Å²) in [6.45, 7) is 6.03. The molecule has 0 aromatic carbocycles. The topological polar surface area (TPSA) is 79.2 Å². The monoisotopic (exact) mass is 511 g/mol. The zero-order valence-electron chi connectivity index (χ0n) is 15.2. The van der Waals surface area contributed by atoms with Crippen molar-refractivity contribution < 1.29 is 0 Å². The predicted octanol–water partition coefficient (Wildman–Crippen LogP) is 3.13. The summed E-state index contributed by atoms with van der Waals surface area (Å²) in [5, 5.41) is 15.1. The van der Waals surface area contributed by atoms with E-state index in [-0.39, 0.29) is 24.0 Å². The van der Waals surface area contributed by atoms with Crippen LogP contribution in [0.25, 0.3) is 0 Å². The van der Waals surface area contributed by atoms with E-state index in [1.165, 1.54) is 5.56 Å². The van der Waals surface area contributed by atoms with E-state index in [9.17, 15) is 0 Å². The SMILES string of the molecule is CN=C(NCCNc1ncc(Cl)cc1Cl)NCc1c(C)nn(C)c1C.I. The Hall–Kier alpha value is -1.26. The molecule has 0 bridgehead atoms. The number of nitrogens with one attached hydrogen (secondary N) is 3. The average molecular weight is 512 g/mol. The molecule has 26 heavy (non-hydrogen) atoms. The molecule has 0 saturated heterocycles. The number of halogens is 3. The van der Waals surface area contributed by atoms with E-state index in [4.69, 9.17) is 23.2 Å². The van der Waals surface area contributed by atoms with Gasteiger partial charge in [0.25, 0.3) is 0 Å². The van der Waals surface area contributed by atoms with Crippen LogP contribution in [0.3, 0.4) is 0 Å². The summed E-state index contributed by atoms with van der Waals surface area (Å²) in [6, 6.07) is 1.66. The van der Waals surface area contributed by atoms with Gasteiger partial charge in [-0.3, -0.25) is 9.67 Å². The minimum Gasteiger partial charge on any atom is -0.367 e. The molecule has 0 aliphatic carbocycles. The molecular formula is C16H24Cl2IN7. The van der Waals surface area contributed by atoms with Crippen LogP contribution >= 0.6 is 47.2 Å². The molecule has 0 aliphatic rings. The maximum absolute atomic E-state index is 6.07. The Bertz CT molecular complexity index is 761. The quantitative estimate of drug-likeness (QED) is 0.240. The Morgan fingerprint density at radius 2 is 1.96 bits per heavy atom. The van der Waals surface area contributed by atoms with Gasteiger partial charge in [0.05, 0.1) is 15.7 Å². The average Bonchev–Trinajstić information content (AvgIpc) is 2.81. The molecular weight excluding hydrogens is 488 g/mol. The molecule has 0 unspecified atom stereocenters. The zero-order valence-corrected chi connectivity index (χ0v) is 19.1. The van der Waals surface area contributed by atoms with Crippen molar-refractivity contribution in [3.05, 3.63) is 39.3 Å². The number of nitrogens with zero attached hydrogens (tertiary/aromatic N) is 4. The highest BCUT2D eigenvalue weighted by Crippen LogP contribution is 2.21. The first-order chi connectivity index (χ1) is 11.9. The number of pyridine rings is 1. The number of anilines is 1. The largest absolute Gasteiger partial charge is 0.367 e. The summed E-state index contributed by atoms with van der Waals surface area (Å²) >= 11 is 11.9. The van der Waals surface area contributed by atoms with E-state index >= 15 is 0 Å². The van der Waals surface area contributed by atoms with Crippen LogP contribution in [0.15, 0.2) is 17.3 Å². The lowest BCUT2D eigenvalue weighted by Crippen LogP contribution is -2.39. The van der Waals surface area contributed by atoms with Crippen LogP contribution in [0, 0.1) is 13.8 Å². The van der Waals surface area contributed by atoms with Gasteiger partial charge in [-0.25, -0.2) is 4.98 Å². The zero-order chi connectivity index (χ0) is 18.4. The van der Waals surface area contributed by atoms with E-state index in [1.54, 1.807) is 19.3 Å². The van der Waals surface area contributed by atoms with E-state index in [2.05, 4.69) is 37.9 Å². The highest BCUT2D eigenvalue weighted by Gasteiger charge is 2.09. The second kappa shape index (κ2) is 10.8. The summed E-state index contributed by atoms with van der Waals surface area (Å²) in [5.41, 5.74) is 3.35. The number of aryl methyl sites for hydroxylation is 2. The molecule has 2 rings (SSSR count). The first-order valence-corrected chi connectivity index (χ1v) is 8.66. The Morgan fingerprint density at radius 1 is 1.23 bits per heavy atom. The summed E-state index contributed by atoms with van der Waals surface area (Å²) in [4.78, 5) is 8.38. The normalized spacial score (nSPS) is 11.1. The van der Waals surface area contributed by atoms with Crippen molar-refractivity contribution >= 4 is 59.0 Å². The van der Waals surface area contributed by atoms with Gasteiger partial charge in [0.2, 0.25) is 0 Å². The second-order valence-corrected chi connectivity index (χ2v) is 6.38. The van der Waals surface area contributed by atoms with Crippen molar-refractivity contribution in [2.75, 3.05) is 25.5 Å². The fourth-order valence-corrected chi connectivity index (χ4v) is 2.82. The minimum atomic E-state index is 0. The number of aliphatic imine (C=N–C) groups is 1. The first-order valence-electron chi connectivity index (χ1n) is 7.91. The lowest BCUT2D eigenvalue weighted by molar-refractivity contribution is 0.728. The maximum Gasteiger partial charge on any atom is 0.191 e. The molecule has 0 fully saturated rings. The lowest BCUT2D eigenvalue weighted by atomic mass is 10.2. The van der Waals surface area contributed by atoms with Gasteiger partial charge in [0, 0.05) is 51.2 Å². The number of hydrogen-bond donors (Lipinski definition) is 3. The Balaban J connectivity index is 0.00000338. The third-order valence-corrected chi connectivity index (χ3v) is 4.33. The van der Waals surface area contributed by atoms with Crippen LogP contribution in [0.5, 0.6) is 0 Å². The summed E-state index contributed by atoms with van der Waals surface area (Å²) < 4.78 is 1.88. The minimum absolute atomic E-state index is 0. The van der Waals surface area contributed by atoms with Crippen LogP contribution in [-0.4, -0.2) is 40.9 Å². The molecule has 10 heteroatoms. The Kier molecular flexibility index (Phi) is 9.45. The third-order valence-electron chi connectivity index (χ3n) is 3.83. The first kappa shape index (κ1) is 22.8. The third kappa shape index (κ3) is 6.17. The molecule has 144 valence electrons. The van der Waals surface area contributed by atoms with Gasteiger partial charge < -0.3 is 16.0 Å². The summed E-state index contributed by atoms with van der Waals surface area (Å²) in [5.74, 6) is 1.33. The molecule has 2 heterocycles. The summed E-state index contributed by atoms with van der Waals surface area (Å²) in [7, 11) is 3.68. The lowest BCUT2D eigenvalue weighted by Gasteiger charge is -2.13. The van der Waals surface area contributed by atoms with Crippen molar-refractivity contribution in [2.45, 2.75) is 20.4 Å². The highest BCUT2D eigenvalue weighted by atomic mass is 127. The number of rotatable bonds is 6. The molecule has 2 aromatic heterocycles. The van der Waals surface area contributed by atoms with Gasteiger partial charge in [-0.1, -0.05) is 23.2 Å². The van der Waals surface area contributed by atoms with Gasteiger partial charge in [0.1, 0.15) is 5.82 Å². The van der Waals surface area contributed by atoms with Crippen LogP contribution in [0.2, 0.25) is 10.0 Å². The molecule has 7 nitrogen and oxygen atoms in total. The van der Waals surface area contributed by atoms with Gasteiger partial charge in [-0.15, -0.1) is 24.0 Å². The molecule has 0 aliphatic heterocycles.